The quantitative estimate of drug-likeness (QED) is 0.637. The first kappa shape index (κ1) is 18.3. The lowest BCUT2D eigenvalue weighted by atomic mass is 9.96. The number of ether oxygens (including phenoxy) is 1. The fourth-order valence-corrected chi connectivity index (χ4v) is 4.19. The van der Waals surface area contributed by atoms with Crippen LogP contribution in [0.3, 0.4) is 0 Å². The van der Waals surface area contributed by atoms with E-state index in [1.165, 1.54) is 18.7 Å². The lowest BCUT2D eigenvalue weighted by molar-refractivity contribution is -0.123. The highest BCUT2D eigenvalue weighted by Crippen LogP contribution is 2.30. The Labute approximate surface area is 156 Å². The number of carbonyl (C=O) groups is 3. The molecular weight excluding hydrogens is 350 g/mol. The summed E-state index contributed by atoms with van der Waals surface area (Å²) < 4.78 is 5.37. The van der Waals surface area contributed by atoms with Crippen LogP contribution in [0.2, 0.25) is 0 Å². The van der Waals surface area contributed by atoms with Gasteiger partial charge in [-0.05, 0) is 57.2 Å². The van der Waals surface area contributed by atoms with Gasteiger partial charge >= 0.3 is 5.97 Å². The second kappa shape index (κ2) is 7.83. The van der Waals surface area contributed by atoms with Crippen molar-refractivity contribution in [3.05, 3.63) is 51.2 Å². The van der Waals surface area contributed by atoms with Crippen LogP contribution < -0.4 is 5.32 Å². The van der Waals surface area contributed by atoms with Crippen LogP contribution in [-0.2, 0) is 22.4 Å². The Morgan fingerprint density at radius 3 is 2.62 bits per heavy atom. The van der Waals surface area contributed by atoms with Crippen molar-refractivity contribution < 1.29 is 19.1 Å². The zero-order valence-electron chi connectivity index (χ0n) is 14.8. The van der Waals surface area contributed by atoms with Crippen molar-refractivity contribution in [1.82, 2.24) is 0 Å². The van der Waals surface area contributed by atoms with Gasteiger partial charge in [0, 0.05) is 15.8 Å². The normalized spacial score (nSPS) is 14.2. The molecule has 1 heterocycles. The number of aryl methyl sites for hydroxylation is 1. The largest absolute Gasteiger partial charge is 0.449 e. The molecule has 0 bridgehead atoms. The second-order valence-corrected chi connectivity index (χ2v) is 7.36. The number of para-hydroxylation sites is 1. The maximum atomic E-state index is 12.5. The molecule has 136 valence electrons. The smallest absolute Gasteiger partial charge is 0.340 e. The Morgan fingerprint density at radius 1 is 1.12 bits per heavy atom. The SMILES string of the molecule is CC(=O)c1ccccc1NC(=O)[C@H](C)OC(=O)c1csc2c1CCCC2. The molecule has 3 rings (SSSR count). The number of ketones is 1. The lowest BCUT2D eigenvalue weighted by Crippen LogP contribution is -2.30. The monoisotopic (exact) mass is 371 g/mol. The molecule has 1 N–H and O–H groups in total. The van der Waals surface area contributed by atoms with Crippen molar-refractivity contribution in [1.29, 1.82) is 0 Å². The summed E-state index contributed by atoms with van der Waals surface area (Å²) in [7, 11) is 0. The van der Waals surface area contributed by atoms with E-state index >= 15 is 0 Å². The minimum Gasteiger partial charge on any atom is -0.449 e. The van der Waals surface area contributed by atoms with Gasteiger partial charge in [0.2, 0.25) is 0 Å². The molecule has 2 aromatic rings. The van der Waals surface area contributed by atoms with Gasteiger partial charge in [-0.15, -0.1) is 11.3 Å². The molecule has 0 fully saturated rings. The van der Waals surface area contributed by atoms with Gasteiger partial charge in [0.1, 0.15) is 0 Å². The topological polar surface area (TPSA) is 72.5 Å². The van der Waals surface area contributed by atoms with E-state index in [4.69, 9.17) is 4.74 Å². The van der Waals surface area contributed by atoms with Gasteiger partial charge in [-0.3, -0.25) is 9.59 Å². The van der Waals surface area contributed by atoms with E-state index in [0.29, 0.717) is 16.8 Å². The molecule has 1 atom stereocenters. The van der Waals surface area contributed by atoms with Gasteiger partial charge < -0.3 is 10.1 Å². The van der Waals surface area contributed by atoms with Gasteiger partial charge in [-0.1, -0.05) is 12.1 Å². The Kier molecular flexibility index (Phi) is 5.52. The van der Waals surface area contributed by atoms with Crippen LogP contribution in [0.1, 0.15) is 57.8 Å². The molecule has 1 aromatic heterocycles. The van der Waals surface area contributed by atoms with Crippen molar-refractivity contribution >= 4 is 34.7 Å². The van der Waals surface area contributed by atoms with E-state index < -0.39 is 18.0 Å². The fourth-order valence-electron chi connectivity index (χ4n) is 3.08. The van der Waals surface area contributed by atoms with E-state index in [1.54, 1.807) is 35.6 Å². The van der Waals surface area contributed by atoms with Crippen molar-refractivity contribution in [2.45, 2.75) is 45.6 Å². The van der Waals surface area contributed by atoms with E-state index in [2.05, 4.69) is 5.32 Å². The maximum Gasteiger partial charge on any atom is 0.340 e. The fraction of sp³-hybridized carbons (Fsp3) is 0.350. The second-order valence-electron chi connectivity index (χ2n) is 6.40. The standard InChI is InChI=1S/C20H21NO4S/c1-12(22)14-7-3-5-9-17(14)21-19(23)13(2)25-20(24)16-11-26-18-10-6-4-8-15(16)18/h3,5,7,9,11,13H,4,6,8,10H2,1-2H3,(H,21,23)/t13-/m0/s1. The molecule has 0 spiro atoms. The third-order valence-corrected chi connectivity index (χ3v) is 5.59. The summed E-state index contributed by atoms with van der Waals surface area (Å²) in [5.74, 6) is -1.07. The third kappa shape index (κ3) is 3.85. The van der Waals surface area contributed by atoms with Crippen molar-refractivity contribution in [3.8, 4) is 0 Å². The van der Waals surface area contributed by atoms with Gasteiger partial charge in [-0.25, -0.2) is 4.79 Å². The number of hydrogen-bond acceptors (Lipinski definition) is 5. The van der Waals surface area contributed by atoms with Gasteiger partial charge in [0.25, 0.3) is 5.91 Å². The number of anilines is 1. The van der Waals surface area contributed by atoms with E-state index in [-0.39, 0.29) is 5.78 Å². The Morgan fingerprint density at radius 2 is 1.85 bits per heavy atom. The number of thiophene rings is 1. The molecule has 1 amide bonds. The van der Waals surface area contributed by atoms with Crippen LogP contribution in [0, 0.1) is 0 Å². The van der Waals surface area contributed by atoms with Gasteiger partial charge in [0.05, 0.1) is 11.3 Å². The summed E-state index contributed by atoms with van der Waals surface area (Å²) in [5, 5.41) is 4.50. The number of rotatable bonds is 5. The van der Waals surface area contributed by atoms with Crippen molar-refractivity contribution in [2.75, 3.05) is 5.32 Å². The summed E-state index contributed by atoms with van der Waals surface area (Å²) in [5.41, 5.74) is 2.49. The zero-order valence-corrected chi connectivity index (χ0v) is 15.7. The summed E-state index contributed by atoms with van der Waals surface area (Å²) in [4.78, 5) is 37.8. The number of Topliss-reactive ketones (excluding diaryl/α,β-unsaturated/α-hetero) is 1. The van der Waals surface area contributed by atoms with Crippen LogP contribution in [0.5, 0.6) is 0 Å². The molecule has 1 aliphatic carbocycles. The lowest BCUT2D eigenvalue weighted by Gasteiger charge is -2.16. The average molecular weight is 371 g/mol. The van der Waals surface area contributed by atoms with Gasteiger partial charge in [-0.2, -0.15) is 0 Å². The molecule has 6 heteroatoms. The van der Waals surface area contributed by atoms with E-state index in [0.717, 1.165) is 31.2 Å². The predicted octanol–water partition coefficient (Wildman–Crippen LogP) is 4.01. The van der Waals surface area contributed by atoms with Crippen LogP contribution in [-0.4, -0.2) is 23.8 Å². The van der Waals surface area contributed by atoms with Crippen molar-refractivity contribution in [3.63, 3.8) is 0 Å². The highest BCUT2D eigenvalue weighted by molar-refractivity contribution is 7.10. The highest BCUT2D eigenvalue weighted by Gasteiger charge is 2.25. The van der Waals surface area contributed by atoms with Crippen LogP contribution in [0.25, 0.3) is 0 Å². The van der Waals surface area contributed by atoms with Crippen LogP contribution in [0.15, 0.2) is 29.6 Å². The van der Waals surface area contributed by atoms with Gasteiger partial charge in [0.15, 0.2) is 11.9 Å². The maximum absolute atomic E-state index is 12.5. The molecule has 26 heavy (non-hydrogen) atoms. The van der Waals surface area contributed by atoms with Crippen LogP contribution >= 0.6 is 11.3 Å². The molecule has 0 saturated carbocycles. The number of nitrogens with one attached hydrogen (secondary N) is 1. The number of esters is 1. The predicted molar refractivity (Wildman–Crippen MR) is 101 cm³/mol. The summed E-state index contributed by atoms with van der Waals surface area (Å²) in [6.07, 6.45) is 3.15. The average Bonchev–Trinajstić information content (AvgIpc) is 3.06. The Bertz CT molecular complexity index is 855. The molecular formula is C20H21NO4S. The van der Waals surface area contributed by atoms with Crippen LogP contribution in [0.4, 0.5) is 5.69 Å². The Hall–Kier alpha value is -2.47. The molecule has 1 aromatic carbocycles. The molecule has 1 aliphatic rings. The molecule has 0 aliphatic heterocycles. The highest BCUT2D eigenvalue weighted by atomic mass is 32.1. The van der Waals surface area contributed by atoms with Crippen molar-refractivity contribution in [2.24, 2.45) is 0 Å². The molecule has 0 saturated heterocycles. The number of hydrogen-bond donors (Lipinski definition) is 1. The Balaban J connectivity index is 1.67. The minimum atomic E-state index is -0.957. The summed E-state index contributed by atoms with van der Waals surface area (Å²) in [6.45, 7) is 2.97. The molecule has 5 nitrogen and oxygen atoms in total. The number of benzene rings is 1. The summed E-state index contributed by atoms with van der Waals surface area (Å²) >= 11 is 1.58. The van der Waals surface area contributed by atoms with E-state index in [9.17, 15) is 14.4 Å². The third-order valence-electron chi connectivity index (χ3n) is 4.50. The summed E-state index contributed by atoms with van der Waals surface area (Å²) in [6, 6.07) is 6.76. The number of amides is 1. The minimum absolute atomic E-state index is 0.143. The molecule has 0 radical (unpaired) electrons. The first-order chi connectivity index (χ1) is 12.5. The number of carbonyl (C=O) groups excluding carboxylic acids is 3. The van der Waals surface area contributed by atoms with E-state index in [1.807, 2.05) is 5.38 Å². The first-order valence-electron chi connectivity index (χ1n) is 8.68. The molecule has 0 unspecified atom stereocenters. The first-order valence-corrected chi connectivity index (χ1v) is 9.56. The zero-order chi connectivity index (χ0) is 18.7. The number of fused-ring (bicyclic) bond motifs is 1.